The third-order valence-electron chi connectivity index (χ3n) is 2.14. The van der Waals surface area contributed by atoms with Crippen molar-refractivity contribution in [3.8, 4) is 0 Å². The highest BCUT2D eigenvalue weighted by Gasteiger charge is 2.21. The van der Waals surface area contributed by atoms with Crippen molar-refractivity contribution in [2.75, 3.05) is 0 Å². The van der Waals surface area contributed by atoms with Gasteiger partial charge in [-0.05, 0) is 62.3 Å². The number of hydrogen-bond donors (Lipinski definition) is 1. The second-order valence-corrected chi connectivity index (χ2v) is 5.93. The fraction of sp³-hybridized carbons (Fsp3) is 0.333. The Morgan fingerprint density at radius 3 is 2.57 bits per heavy atom. The SMILES string of the molecule is Cc1cccc(B(O)OC(Br)Br)c1C. The van der Waals surface area contributed by atoms with E-state index in [1.54, 1.807) is 0 Å². The normalized spacial score (nSPS) is 10.7. The summed E-state index contributed by atoms with van der Waals surface area (Å²) in [6, 6.07) is 5.77. The molecule has 0 amide bonds. The van der Waals surface area contributed by atoms with Crippen molar-refractivity contribution >= 4 is 44.4 Å². The second-order valence-electron chi connectivity index (χ2n) is 3.04. The number of hydrogen-bond acceptors (Lipinski definition) is 2. The molecule has 76 valence electrons. The third-order valence-corrected chi connectivity index (χ3v) is 2.58. The Bertz CT molecular complexity index is 318. The molecule has 0 heterocycles. The Kier molecular flexibility index (Phi) is 4.64. The van der Waals surface area contributed by atoms with Gasteiger partial charge < -0.3 is 9.68 Å². The molecular formula is C9H11BBr2O2. The van der Waals surface area contributed by atoms with Crippen molar-refractivity contribution in [2.45, 2.75) is 17.8 Å². The van der Waals surface area contributed by atoms with Crippen LogP contribution in [0.25, 0.3) is 0 Å². The van der Waals surface area contributed by atoms with E-state index in [4.69, 9.17) is 4.65 Å². The molecule has 1 aromatic rings. The summed E-state index contributed by atoms with van der Waals surface area (Å²) < 4.78 is 4.82. The van der Waals surface area contributed by atoms with Crippen molar-refractivity contribution in [2.24, 2.45) is 0 Å². The summed E-state index contributed by atoms with van der Waals surface area (Å²) in [5.74, 6) is 0. The van der Waals surface area contributed by atoms with Crippen LogP contribution in [0.15, 0.2) is 18.2 Å². The van der Waals surface area contributed by atoms with Crippen LogP contribution in [0.2, 0.25) is 0 Å². The standard InChI is InChI=1S/C9H11BBr2O2/c1-6-4-3-5-8(7(6)2)10(13)14-9(11)12/h3-5,9,13H,1-2H3. The topological polar surface area (TPSA) is 29.5 Å². The molecule has 5 heteroatoms. The lowest BCUT2D eigenvalue weighted by Gasteiger charge is -2.12. The molecule has 0 radical (unpaired) electrons. The van der Waals surface area contributed by atoms with Crippen LogP contribution in [0.4, 0.5) is 0 Å². The van der Waals surface area contributed by atoms with E-state index in [-0.39, 0.29) is 3.92 Å². The molecule has 0 aliphatic heterocycles. The molecule has 2 nitrogen and oxygen atoms in total. The molecule has 1 rings (SSSR count). The maximum absolute atomic E-state index is 9.71. The van der Waals surface area contributed by atoms with Gasteiger partial charge in [-0.15, -0.1) is 0 Å². The number of alkyl halides is 2. The quantitative estimate of drug-likeness (QED) is 0.682. The fourth-order valence-electron chi connectivity index (χ4n) is 1.21. The van der Waals surface area contributed by atoms with E-state index >= 15 is 0 Å². The van der Waals surface area contributed by atoms with Crippen molar-refractivity contribution in [1.29, 1.82) is 0 Å². The van der Waals surface area contributed by atoms with Crippen LogP contribution in [0.3, 0.4) is 0 Å². The van der Waals surface area contributed by atoms with Gasteiger partial charge in [-0.1, -0.05) is 18.2 Å². The van der Waals surface area contributed by atoms with E-state index in [0.717, 1.165) is 16.6 Å². The van der Waals surface area contributed by atoms with E-state index in [1.165, 1.54) is 0 Å². The van der Waals surface area contributed by atoms with Crippen LogP contribution in [0, 0.1) is 13.8 Å². The summed E-state index contributed by atoms with van der Waals surface area (Å²) in [7, 11) is -0.904. The van der Waals surface area contributed by atoms with Crippen LogP contribution in [-0.4, -0.2) is 16.1 Å². The Morgan fingerprint density at radius 2 is 2.00 bits per heavy atom. The average Bonchev–Trinajstić information content (AvgIpc) is 2.08. The highest BCUT2D eigenvalue weighted by Crippen LogP contribution is 2.11. The van der Waals surface area contributed by atoms with Gasteiger partial charge in [0.05, 0.1) is 0 Å². The van der Waals surface area contributed by atoms with E-state index in [0.29, 0.717) is 0 Å². The summed E-state index contributed by atoms with van der Waals surface area (Å²) in [4.78, 5) is 0. The summed E-state index contributed by atoms with van der Waals surface area (Å²) in [5, 5.41) is 9.71. The zero-order valence-electron chi connectivity index (χ0n) is 8.00. The van der Waals surface area contributed by atoms with Gasteiger partial charge in [0.1, 0.15) is 0 Å². The Hall–Kier alpha value is 0.165. The monoisotopic (exact) mass is 320 g/mol. The first-order chi connectivity index (χ1) is 6.52. The lowest BCUT2D eigenvalue weighted by Crippen LogP contribution is -2.36. The zero-order chi connectivity index (χ0) is 10.7. The lowest BCUT2D eigenvalue weighted by atomic mass is 9.76. The summed E-state index contributed by atoms with van der Waals surface area (Å²) >= 11 is 6.30. The maximum Gasteiger partial charge on any atom is 0.492 e. The Balaban J connectivity index is 2.89. The first kappa shape index (κ1) is 12.2. The Morgan fingerprint density at radius 1 is 1.36 bits per heavy atom. The minimum atomic E-state index is -0.904. The Labute approximate surface area is 101 Å². The minimum Gasteiger partial charge on any atom is -0.423 e. The van der Waals surface area contributed by atoms with E-state index in [1.807, 2.05) is 32.0 Å². The number of rotatable bonds is 3. The highest BCUT2D eigenvalue weighted by molar-refractivity contribution is 9.24. The molecule has 0 atom stereocenters. The van der Waals surface area contributed by atoms with Gasteiger partial charge in [-0.3, -0.25) is 0 Å². The van der Waals surface area contributed by atoms with Gasteiger partial charge in [0.25, 0.3) is 0 Å². The summed E-state index contributed by atoms with van der Waals surface area (Å²) in [5.41, 5.74) is 3.00. The summed E-state index contributed by atoms with van der Waals surface area (Å²) in [6.07, 6.45) is 0. The smallest absolute Gasteiger partial charge is 0.423 e. The first-order valence-corrected chi connectivity index (χ1v) is 6.03. The van der Waals surface area contributed by atoms with Crippen LogP contribution < -0.4 is 5.46 Å². The summed E-state index contributed by atoms with van der Waals surface area (Å²) in [6.45, 7) is 3.97. The predicted octanol–water partition coefficient (Wildman–Crippen LogP) is 2.08. The molecule has 1 aromatic carbocycles. The first-order valence-electron chi connectivity index (χ1n) is 4.20. The molecule has 0 spiro atoms. The van der Waals surface area contributed by atoms with Gasteiger partial charge in [-0.25, -0.2) is 0 Å². The molecule has 0 saturated heterocycles. The number of aryl methyl sites for hydroxylation is 1. The molecule has 0 fully saturated rings. The molecule has 0 unspecified atom stereocenters. The van der Waals surface area contributed by atoms with Gasteiger partial charge in [0.15, 0.2) is 3.92 Å². The van der Waals surface area contributed by atoms with E-state index < -0.39 is 7.12 Å². The van der Waals surface area contributed by atoms with Crippen LogP contribution in [-0.2, 0) is 4.65 Å². The van der Waals surface area contributed by atoms with Gasteiger partial charge >= 0.3 is 7.12 Å². The number of benzene rings is 1. The van der Waals surface area contributed by atoms with E-state index in [2.05, 4.69) is 31.9 Å². The molecule has 0 aliphatic rings. The van der Waals surface area contributed by atoms with Gasteiger partial charge in [-0.2, -0.15) is 0 Å². The molecular weight excluding hydrogens is 311 g/mol. The van der Waals surface area contributed by atoms with Crippen LogP contribution in [0.5, 0.6) is 0 Å². The molecule has 0 bridgehead atoms. The van der Waals surface area contributed by atoms with Crippen molar-refractivity contribution < 1.29 is 9.68 Å². The van der Waals surface area contributed by atoms with Gasteiger partial charge in [0.2, 0.25) is 0 Å². The van der Waals surface area contributed by atoms with Gasteiger partial charge in [0, 0.05) is 0 Å². The molecule has 0 saturated carbocycles. The zero-order valence-corrected chi connectivity index (χ0v) is 11.2. The average molecular weight is 322 g/mol. The highest BCUT2D eigenvalue weighted by atomic mass is 79.9. The second kappa shape index (κ2) is 5.30. The minimum absolute atomic E-state index is 0.343. The predicted molar refractivity (Wildman–Crippen MR) is 66.2 cm³/mol. The number of halogens is 2. The maximum atomic E-state index is 9.71. The molecule has 14 heavy (non-hydrogen) atoms. The van der Waals surface area contributed by atoms with Crippen molar-refractivity contribution in [3.05, 3.63) is 29.3 Å². The molecule has 0 aliphatic carbocycles. The van der Waals surface area contributed by atoms with Crippen molar-refractivity contribution in [1.82, 2.24) is 0 Å². The largest absolute Gasteiger partial charge is 0.492 e. The van der Waals surface area contributed by atoms with Crippen LogP contribution >= 0.6 is 31.9 Å². The van der Waals surface area contributed by atoms with Crippen molar-refractivity contribution in [3.63, 3.8) is 0 Å². The third kappa shape index (κ3) is 3.09. The van der Waals surface area contributed by atoms with E-state index in [9.17, 15) is 5.02 Å². The lowest BCUT2D eigenvalue weighted by molar-refractivity contribution is 0.313. The molecule has 1 N–H and O–H groups in total. The molecule has 0 aromatic heterocycles. The fourth-order valence-corrected chi connectivity index (χ4v) is 1.62. The van der Waals surface area contributed by atoms with Crippen LogP contribution in [0.1, 0.15) is 11.1 Å².